The molecule has 0 fully saturated rings. The smallest absolute Gasteiger partial charge is 0.0444 e. The van der Waals surface area contributed by atoms with Crippen molar-refractivity contribution in [1.82, 2.24) is 0 Å². The van der Waals surface area contributed by atoms with E-state index in [1.165, 1.54) is 44.6 Å². The predicted molar refractivity (Wildman–Crippen MR) is 99.4 cm³/mol. The Morgan fingerprint density at radius 2 is 1.04 bits per heavy atom. The van der Waals surface area contributed by atoms with Crippen LogP contribution in [0.4, 0.5) is 0 Å². The van der Waals surface area contributed by atoms with Gasteiger partial charge in [0.1, 0.15) is 0 Å². The SMILES string of the molecule is C1=CC2=C3C1=CC1=CC=C4C=C5C=CC6=C5C3(C14)C1C(=C2)C=CC1=C6. The van der Waals surface area contributed by atoms with E-state index in [4.69, 9.17) is 0 Å². The number of allylic oxidation sites excluding steroid dienone is 22. The largest absolute Gasteiger partial charge is 0.0581 e. The zero-order chi connectivity index (χ0) is 15.9. The van der Waals surface area contributed by atoms with E-state index in [-0.39, 0.29) is 5.41 Å². The van der Waals surface area contributed by atoms with Crippen LogP contribution in [0.5, 0.6) is 0 Å². The lowest BCUT2D eigenvalue weighted by Gasteiger charge is -2.56. The Kier molecular flexibility index (Phi) is 1.53. The summed E-state index contributed by atoms with van der Waals surface area (Å²) in [4.78, 5) is 0. The highest BCUT2D eigenvalue weighted by atomic mass is 14.6. The van der Waals surface area contributed by atoms with E-state index >= 15 is 0 Å². The second-order valence-electron chi connectivity index (χ2n) is 8.22. The van der Waals surface area contributed by atoms with Crippen molar-refractivity contribution in [3.05, 3.63) is 129 Å². The summed E-state index contributed by atoms with van der Waals surface area (Å²) >= 11 is 0. The van der Waals surface area contributed by atoms with Crippen molar-refractivity contribution in [3.63, 3.8) is 0 Å². The fourth-order valence-electron chi connectivity index (χ4n) is 6.78. The Bertz CT molecular complexity index is 1120. The third-order valence-corrected chi connectivity index (χ3v) is 7.34. The summed E-state index contributed by atoms with van der Waals surface area (Å²) in [5, 5.41) is 0. The van der Waals surface area contributed by atoms with Crippen LogP contribution in [-0.2, 0) is 0 Å². The zero-order valence-electron chi connectivity index (χ0n) is 13.6. The lowest BCUT2D eigenvalue weighted by molar-refractivity contribution is 0.269. The Morgan fingerprint density at radius 1 is 0.520 bits per heavy atom. The highest BCUT2D eigenvalue weighted by Gasteiger charge is 2.63. The normalized spacial score (nSPS) is 38.4. The van der Waals surface area contributed by atoms with E-state index in [1.54, 1.807) is 11.1 Å². The van der Waals surface area contributed by atoms with Gasteiger partial charge in [-0.1, -0.05) is 72.9 Å². The minimum Gasteiger partial charge on any atom is -0.0581 e. The number of hydrogen-bond donors (Lipinski definition) is 0. The molecule has 0 bridgehead atoms. The average Bonchev–Trinajstić information content (AvgIpc) is 3.38. The summed E-state index contributed by atoms with van der Waals surface area (Å²) in [6, 6.07) is 0. The maximum Gasteiger partial charge on any atom is 0.0444 e. The van der Waals surface area contributed by atoms with Crippen LogP contribution >= 0.6 is 0 Å². The molecule has 0 amide bonds. The van der Waals surface area contributed by atoms with Gasteiger partial charge in [0.15, 0.2) is 0 Å². The van der Waals surface area contributed by atoms with Crippen molar-refractivity contribution in [2.75, 3.05) is 0 Å². The van der Waals surface area contributed by atoms with Crippen LogP contribution in [0.25, 0.3) is 0 Å². The standard InChI is InChI=1S/C25H14/c1-2-14-10-16-5-6-18-12-20-8-7-19-11-17-4-3-15-9-13(1)21(14)25(22(15)17,23(16)18)24(19)20/h1-12,21,24H. The molecular formula is C25H14. The second kappa shape index (κ2) is 3.28. The molecule has 0 saturated carbocycles. The molecule has 8 aliphatic carbocycles. The van der Waals surface area contributed by atoms with Crippen molar-refractivity contribution in [3.8, 4) is 0 Å². The topological polar surface area (TPSA) is 0 Å². The molecule has 0 aliphatic heterocycles. The lowest BCUT2D eigenvalue weighted by atomic mass is 9.45. The molecule has 0 nitrogen and oxygen atoms in total. The molecule has 0 atom stereocenters. The maximum atomic E-state index is 2.44. The van der Waals surface area contributed by atoms with E-state index in [0.29, 0.717) is 11.8 Å². The van der Waals surface area contributed by atoms with E-state index in [0.717, 1.165) is 0 Å². The van der Waals surface area contributed by atoms with E-state index in [9.17, 15) is 0 Å². The summed E-state index contributed by atoms with van der Waals surface area (Å²) in [5.74, 6) is 0.958. The molecule has 0 aromatic rings. The molecule has 0 N–H and O–H groups in total. The first kappa shape index (κ1) is 11.7. The average molecular weight is 314 g/mol. The molecular weight excluding hydrogens is 300 g/mol. The quantitative estimate of drug-likeness (QED) is 0.581. The minimum absolute atomic E-state index is 0.0671. The van der Waals surface area contributed by atoms with Gasteiger partial charge in [-0.3, -0.25) is 0 Å². The maximum absolute atomic E-state index is 2.44. The van der Waals surface area contributed by atoms with Gasteiger partial charge in [-0.2, -0.15) is 0 Å². The van der Waals surface area contributed by atoms with Crippen LogP contribution in [0.15, 0.2) is 129 Å². The minimum atomic E-state index is 0.0671. The molecule has 0 aromatic heterocycles. The lowest BCUT2D eigenvalue weighted by Crippen LogP contribution is -2.49. The molecule has 114 valence electrons. The Balaban J connectivity index is 1.65. The van der Waals surface area contributed by atoms with E-state index in [1.807, 2.05) is 0 Å². The van der Waals surface area contributed by atoms with Crippen molar-refractivity contribution >= 4 is 0 Å². The summed E-state index contributed by atoms with van der Waals surface area (Å²) in [6.07, 6.45) is 28.6. The monoisotopic (exact) mass is 314 g/mol. The first-order valence-electron chi connectivity index (χ1n) is 9.18. The summed E-state index contributed by atoms with van der Waals surface area (Å²) in [6.45, 7) is 0. The van der Waals surface area contributed by atoms with Gasteiger partial charge < -0.3 is 0 Å². The molecule has 8 rings (SSSR count). The van der Waals surface area contributed by atoms with Gasteiger partial charge in [-0.25, -0.2) is 0 Å². The molecule has 1 spiro atoms. The predicted octanol–water partition coefficient (Wildman–Crippen LogP) is 5.13. The van der Waals surface area contributed by atoms with Crippen LogP contribution in [0.2, 0.25) is 0 Å². The van der Waals surface area contributed by atoms with Gasteiger partial charge in [0.25, 0.3) is 0 Å². The van der Waals surface area contributed by atoms with Crippen LogP contribution in [0.1, 0.15) is 0 Å². The third kappa shape index (κ3) is 0.975. The Hall–Kier alpha value is -2.86. The first-order chi connectivity index (χ1) is 12.4. The molecule has 8 aliphatic rings. The highest BCUT2D eigenvalue weighted by molar-refractivity contribution is 5.83. The van der Waals surface area contributed by atoms with Crippen LogP contribution in [0, 0.1) is 17.3 Å². The zero-order valence-corrected chi connectivity index (χ0v) is 13.6. The van der Waals surface area contributed by atoms with Crippen LogP contribution in [-0.4, -0.2) is 0 Å². The van der Waals surface area contributed by atoms with Gasteiger partial charge in [0.2, 0.25) is 0 Å². The van der Waals surface area contributed by atoms with Crippen LogP contribution < -0.4 is 0 Å². The Labute approximate surface area is 146 Å². The molecule has 0 radical (unpaired) electrons. The molecule has 0 unspecified atom stereocenters. The summed E-state index contributed by atoms with van der Waals surface area (Å²) < 4.78 is 0. The third-order valence-electron chi connectivity index (χ3n) is 7.34. The van der Waals surface area contributed by atoms with Crippen molar-refractivity contribution in [2.24, 2.45) is 17.3 Å². The fraction of sp³-hybridized carbons (Fsp3) is 0.120. The van der Waals surface area contributed by atoms with Gasteiger partial charge >= 0.3 is 0 Å². The van der Waals surface area contributed by atoms with E-state index < -0.39 is 0 Å². The highest BCUT2D eigenvalue weighted by Crippen LogP contribution is 2.72. The molecule has 25 heavy (non-hydrogen) atoms. The van der Waals surface area contributed by atoms with Crippen LogP contribution in [0.3, 0.4) is 0 Å². The second-order valence-corrected chi connectivity index (χ2v) is 8.22. The molecule has 0 heteroatoms. The van der Waals surface area contributed by atoms with Crippen molar-refractivity contribution in [1.29, 1.82) is 0 Å². The molecule has 0 heterocycles. The summed E-state index contributed by atoms with van der Waals surface area (Å²) in [5.41, 5.74) is 15.0. The van der Waals surface area contributed by atoms with Crippen molar-refractivity contribution in [2.45, 2.75) is 0 Å². The fourth-order valence-corrected chi connectivity index (χ4v) is 6.78. The first-order valence-corrected chi connectivity index (χ1v) is 9.18. The van der Waals surface area contributed by atoms with E-state index in [2.05, 4.69) is 72.9 Å². The van der Waals surface area contributed by atoms with Gasteiger partial charge in [-0.05, 0) is 55.7 Å². The summed E-state index contributed by atoms with van der Waals surface area (Å²) in [7, 11) is 0. The van der Waals surface area contributed by atoms with Crippen molar-refractivity contribution < 1.29 is 0 Å². The number of rotatable bonds is 0. The van der Waals surface area contributed by atoms with Gasteiger partial charge in [0, 0.05) is 17.3 Å². The number of hydrogen-bond acceptors (Lipinski definition) is 0. The molecule has 0 aromatic carbocycles. The molecule has 0 saturated heterocycles. The van der Waals surface area contributed by atoms with Gasteiger partial charge in [-0.15, -0.1) is 0 Å². The van der Waals surface area contributed by atoms with Gasteiger partial charge in [0.05, 0.1) is 0 Å². The Morgan fingerprint density at radius 3 is 1.60 bits per heavy atom.